The number of piperazine rings is 1. The fourth-order valence-electron chi connectivity index (χ4n) is 4.32. The highest BCUT2D eigenvalue weighted by Gasteiger charge is 2.25. The molecule has 1 aliphatic heterocycles. The minimum absolute atomic E-state index is 0.0701. The molecule has 3 aromatic rings. The third-order valence-electron chi connectivity index (χ3n) is 5.97. The first-order valence-electron chi connectivity index (χ1n) is 10.9. The van der Waals surface area contributed by atoms with Gasteiger partial charge in [-0.05, 0) is 43.3 Å². The van der Waals surface area contributed by atoms with Crippen LogP contribution in [0.2, 0.25) is 0 Å². The summed E-state index contributed by atoms with van der Waals surface area (Å²) in [5.41, 5.74) is 4.79. The van der Waals surface area contributed by atoms with Gasteiger partial charge in [0.05, 0.1) is 0 Å². The Bertz CT molecular complexity index is 1110. The van der Waals surface area contributed by atoms with Crippen molar-refractivity contribution in [3.63, 3.8) is 0 Å². The number of rotatable bonds is 5. The molecule has 0 unspecified atom stereocenters. The van der Waals surface area contributed by atoms with Crippen molar-refractivity contribution < 1.29 is 9.59 Å². The Labute approximate surface area is 183 Å². The molecule has 0 spiro atoms. The molecule has 31 heavy (non-hydrogen) atoms. The number of nitrogens with zero attached hydrogens (tertiary/aromatic N) is 3. The number of aryl methyl sites for hydroxylation is 1. The molecule has 1 aliphatic rings. The van der Waals surface area contributed by atoms with Crippen LogP contribution in [0.4, 0.5) is 5.69 Å². The van der Waals surface area contributed by atoms with E-state index in [0.29, 0.717) is 12.2 Å². The van der Waals surface area contributed by atoms with Gasteiger partial charge in [-0.1, -0.05) is 36.8 Å². The second-order valence-corrected chi connectivity index (χ2v) is 8.29. The predicted octanol–water partition coefficient (Wildman–Crippen LogP) is 3.73. The molecule has 1 N–H and O–H groups in total. The molecule has 2 aromatic carbocycles. The summed E-state index contributed by atoms with van der Waals surface area (Å²) >= 11 is 0. The van der Waals surface area contributed by atoms with Crippen molar-refractivity contribution in [2.45, 2.75) is 27.3 Å². The average Bonchev–Trinajstić information content (AvgIpc) is 3.10. The zero-order chi connectivity index (χ0) is 22.0. The molecule has 0 radical (unpaired) electrons. The standard InChI is InChI=1S/C25H30N4O2/c1-4-27-10-12-28(13-11-27)25(31)24-16-21-15-22(26-19(3)30)8-9-23(21)29(24)17-20-7-5-6-18(2)14-20/h5-9,14-16H,4,10-13,17H2,1-3H3,(H,26,30). The zero-order valence-electron chi connectivity index (χ0n) is 18.5. The third kappa shape index (κ3) is 4.64. The highest BCUT2D eigenvalue weighted by Crippen LogP contribution is 2.26. The second kappa shape index (κ2) is 8.94. The number of hydrogen-bond acceptors (Lipinski definition) is 3. The Kier molecular flexibility index (Phi) is 6.09. The van der Waals surface area contributed by atoms with Crippen molar-refractivity contribution in [3.8, 4) is 0 Å². The first kappa shape index (κ1) is 21.1. The molecule has 2 heterocycles. The molecule has 1 fully saturated rings. The van der Waals surface area contributed by atoms with E-state index in [9.17, 15) is 9.59 Å². The number of likely N-dealkylation sites (N-methyl/N-ethyl adjacent to an activating group) is 1. The van der Waals surface area contributed by atoms with E-state index in [1.54, 1.807) is 0 Å². The monoisotopic (exact) mass is 418 g/mol. The van der Waals surface area contributed by atoms with Crippen molar-refractivity contribution in [1.29, 1.82) is 0 Å². The van der Waals surface area contributed by atoms with Gasteiger partial charge in [0.25, 0.3) is 5.91 Å². The summed E-state index contributed by atoms with van der Waals surface area (Å²) in [7, 11) is 0. The normalized spacial score (nSPS) is 14.7. The predicted molar refractivity (Wildman–Crippen MR) is 125 cm³/mol. The Morgan fingerprint density at radius 3 is 2.45 bits per heavy atom. The van der Waals surface area contributed by atoms with E-state index in [-0.39, 0.29) is 11.8 Å². The van der Waals surface area contributed by atoms with Gasteiger partial charge in [-0.25, -0.2) is 0 Å². The van der Waals surface area contributed by atoms with Crippen LogP contribution in [0.5, 0.6) is 0 Å². The smallest absolute Gasteiger partial charge is 0.270 e. The van der Waals surface area contributed by atoms with E-state index in [1.807, 2.05) is 29.2 Å². The Morgan fingerprint density at radius 1 is 1.00 bits per heavy atom. The van der Waals surface area contributed by atoms with Crippen LogP contribution in [0.3, 0.4) is 0 Å². The van der Waals surface area contributed by atoms with Crippen molar-refractivity contribution in [2.75, 3.05) is 38.0 Å². The number of carbonyl (C=O) groups is 2. The molecule has 0 bridgehead atoms. The summed E-state index contributed by atoms with van der Waals surface area (Å²) in [5, 5.41) is 3.79. The van der Waals surface area contributed by atoms with Crippen LogP contribution in [0.1, 0.15) is 35.5 Å². The van der Waals surface area contributed by atoms with Gasteiger partial charge in [0.2, 0.25) is 5.91 Å². The maximum Gasteiger partial charge on any atom is 0.270 e. The van der Waals surface area contributed by atoms with E-state index in [1.165, 1.54) is 12.5 Å². The van der Waals surface area contributed by atoms with Gasteiger partial charge < -0.3 is 19.7 Å². The van der Waals surface area contributed by atoms with Gasteiger partial charge in [-0.2, -0.15) is 0 Å². The molecule has 2 amide bonds. The minimum Gasteiger partial charge on any atom is -0.335 e. The molecule has 1 aromatic heterocycles. The molecule has 1 saturated heterocycles. The largest absolute Gasteiger partial charge is 0.335 e. The summed E-state index contributed by atoms with van der Waals surface area (Å²) in [4.78, 5) is 29.3. The van der Waals surface area contributed by atoms with Gasteiger partial charge in [-0.15, -0.1) is 0 Å². The topological polar surface area (TPSA) is 57.6 Å². The van der Waals surface area contributed by atoms with Crippen LogP contribution in [-0.2, 0) is 11.3 Å². The van der Waals surface area contributed by atoms with E-state index in [4.69, 9.17) is 0 Å². The van der Waals surface area contributed by atoms with Crippen molar-refractivity contribution in [2.24, 2.45) is 0 Å². The fraction of sp³-hybridized carbons (Fsp3) is 0.360. The molecule has 0 saturated carbocycles. The second-order valence-electron chi connectivity index (χ2n) is 8.29. The van der Waals surface area contributed by atoms with Gasteiger partial charge >= 0.3 is 0 Å². The average molecular weight is 419 g/mol. The van der Waals surface area contributed by atoms with Crippen LogP contribution in [-0.4, -0.2) is 58.9 Å². The number of hydrogen-bond donors (Lipinski definition) is 1. The number of fused-ring (bicyclic) bond motifs is 1. The molecule has 0 aliphatic carbocycles. The maximum absolute atomic E-state index is 13.5. The Hall–Kier alpha value is -3.12. The summed E-state index contributed by atoms with van der Waals surface area (Å²) in [5.74, 6) is -0.0377. The van der Waals surface area contributed by atoms with Crippen LogP contribution >= 0.6 is 0 Å². The van der Waals surface area contributed by atoms with E-state index < -0.39 is 0 Å². The maximum atomic E-state index is 13.5. The van der Waals surface area contributed by atoms with Crippen LogP contribution in [0.25, 0.3) is 10.9 Å². The van der Waals surface area contributed by atoms with Gasteiger partial charge in [0.15, 0.2) is 0 Å². The summed E-state index contributed by atoms with van der Waals surface area (Å²) in [6.45, 7) is 10.7. The molecular weight excluding hydrogens is 388 g/mol. The number of aromatic nitrogens is 1. The molecule has 6 nitrogen and oxygen atoms in total. The Balaban J connectivity index is 1.72. The lowest BCUT2D eigenvalue weighted by atomic mass is 10.1. The van der Waals surface area contributed by atoms with Crippen LogP contribution < -0.4 is 5.32 Å². The van der Waals surface area contributed by atoms with E-state index >= 15 is 0 Å². The minimum atomic E-state index is -0.108. The van der Waals surface area contributed by atoms with Gasteiger partial charge in [-0.3, -0.25) is 9.59 Å². The third-order valence-corrected chi connectivity index (χ3v) is 5.97. The zero-order valence-corrected chi connectivity index (χ0v) is 18.5. The lowest BCUT2D eigenvalue weighted by molar-refractivity contribution is -0.114. The van der Waals surface area contributed by atoms with E-state index in [0.717, 1.165) is 54.9 Å². The Morgan fingerprint density at radius 2 is 1.77 bits per heavy atom. The lowest BCUT2D eigenvalue weighted by Crippen LogP contribution is -2.48. The molecular formula is C25H30N4O2. The number of carbonyl (C=O) groups excluding carboxylic acids is 2. The van der Waals surface area contributed by atoms with Crippen molar-refractivity contribution in [1.82, 2.24) is 14.4 Å². The molecule has 0 atom stereocenters. The number of benzene rings is 2. The van der Waals surface area contributed by atoms with Gasteiger partial charge in [0, 0.05) is 56.2 Å². The first-order valence-corrected chi connectivity index (χ1v) is 10.9. The van der Waals surface area contributed by atoms with E-state index in [2.05, 4.69) is 52.9 Å². The lowest BCUT2D eigenvalue weighted by Gasteiger charge is -2.34. The molecule has 162 valence electrons. The summed E-state index contributed by atoms with van der Waals surface area (Å²) in [6, 6.07) is 16.2. The SMILES string of the molecule is CCN1CCN(C(=O)c2cc3cc(NC(C)=O)ccc3n2Cc2cccc(C)c2)CC1. The molecule has 4 rings (SSSR count). The number of nitrogens with one attached hydrogen (secondary N) is 1. The van der Waals surface area contributed by atoms with Gasteiger partial charge in [0.1, 0.15) is 5.69 Å². The highest BCUT2D eigenvalue weighted by atomic mass is 16.2. The number of anilines is 1. The highest BCUT2D eigenvalue weighted by molar-refractivity contribution is 6.00. The first-order chi connectivity index (χ1) is 14.9. The molecule has 6 heteroatoms. The summed E-state index contributed by atoms with van der Waals surface area (Å²) in [6.07, 6.45) is 0. The van der Waals surface area contributed by atoms with Crippen molar-refractivity contribution in [3.05, 3.63) is 65.4 Å². The number of amides is 2. The fourth-order valence-corrected chi connectivity index (χ4v) is 4.32. The summed E-state index contributed by atoms with van der Waals surface area (Å²) < 4.78 is 2.11. The van der Waals surface area contributed by atoms with Crippen LogP contribution in [0, 0.1) is 6.92 Å². The van der Waals surface area contributed by atoms with Crippen molar-refractivity contribution >= 4 is 28.4 Å². The quantitative estimate of drug-likeness (QED) is 0.687. The van der Waals surface area contributed by atoms with Crippen LogP contribution in [0.15, 0.2) is 48.5 Å².